The van der Waals surface area contributed by atoms with E-state index >= 15 is 0 Å². The summed E-state index contributed by atoms with van der Waals surface area (Å²) in [6.07, 6.45) is 8.79. The van der Waals surface area contributed by atoms with Gasteiger partial charge in [-0.15, -0.1) is 0 Å². The van der Waals surface area contributed by atoms with Crippen molar-refractivity contribution in [3.05, 3.63) is 0 Å². The van der Waals surface area contributed by atoms with Gasteiger partial charge in [-0.25, -0.2) is 0 Å². The van der Waals surface area contributed by atoms with Crippen LogP contribution in [0.25, 0.3) is 0 Å². The lowest BCUT2D eigenvalue weighted by atomic mass is 9.91. The van der Waals surface area contributed by atoms with Gasteiger partial charge in [0.15, 0.2) is 0 Å². The Bertz CT molecular complexity index is 210. The number of hydrogen-bond acceptors (Lipinski definition) is 0. The van der Waals surface area contributed by atoms with Crippen molar-refractivity contribution in [3.63, 3.8) is 0 Å². The van der Waals surface area contributed by atoms with Gasteiger partial charge in [0.1, 0.15) is 0 Å². The molecule has 1 spiro atoms. The second-order valence-electron chi connectivity index (χ2n) is 6.13. The summed E-state index contributed by atoms with van der Waals surface area (Å²) in [5.41, 5.74) is 0.880. The lowest BCUT2D eigenvalue weighted by molar-refractivity contribution is 0.355. The summed E-state index contributed by atoms with van der Waals surface area (Å²) in [5, 5.41) is 0. The highest BCUT2D eigenvalue weighted by Crippen LogP contribution is 2.79. The lowest BCUT2D eigenvalue weighted by Gasteiger charge is -2.14. The Kier molecular flexibility index (Phi) is 3.14. The van der Waals surface area contributed by atoms with E-state index in [9.17, 15) is 0 Å². The van der Waals surface area contributed by atoms with Crippen LogP contribution in [-0.4, -0.2) is 0 Å². The van der Waals surface area contributed by atoms with Crippen molar-refractivity contribution in [2.75, 3.05) is 0 Å². The minimum Gasteiger partial charge on any atom is -0.0654 e. The maximum absolute atomic E-state index is 2.51. The second-order valence-corrected chi connectivity index (χ2v) is 6.13. The van der Waals surface area contributed by atoms with E-state index in [-0.39, 0.29) is 0 Å². The van der Waals surface area contributed by atoms with Gasteiger partial charge >= 0.3 is 0 Å². The molecule has 0 saturated heterocycles. The molecule has 0 amide bonds. The first kappa shape index (κ1) is 11.5. The topological polar surface area (TPSA) is 0 Å². The van der Waals surface area contributed by atoms with Crippen LogP contribution in [0.3, 0.4) is 0 Å². The highest BCUT2D eigenvalue weighted by Gasteiger charge is 2.73. The van der Waals surface area contributed by atoms with Crippen LogP contribution in [0.2, 0.25) is 0 Å². The zero-order valence-electron chi connectivity index (χ0n) is 11.1. The molecule has 0 aliphatic heterocycles. The fourth-order valence-corrected chi connectivity index (χ4v) is 4.48. The van der Waals surface area contributed by atoms with Gasteiger partial charge in [-0.2, -0.15) is 0 Å². The molecule has 0 aromatic heterocycles. The molecule has 0 nitrogen and oxygen atoms in total. The van der Waals surface area contributed by atoms with Crippen molar-refractivity contribution in [2.45, 2.75) is 66.2 Å². The van der Waals surface area contributed by atoms with Gasteiger partial charge in [0, 0.05) is 0 Å². The fourth-order valence-electron chi connectivity index (χ4n) is 4.48. The third kappa shape index (κ3) is 1.74. The molecule has 0 aromatic rings. The zero-order valence-corrected chi connectivity index (χ0v) is 11.1. The van der Waals surface area contributed by atoms with E-state index in [4.69, 9.17) is 0 Å². The molecule has 0 heterocycles. The van der Waals surface area contributed by atoms with Gasteiger partial charge in [-0.05, 0) is 41.9 Å². The quantitative estimate of drug-likeness (QED) is 0.583. The zero-order chi connectivity index (χ0) is 11.1. The van der Waals surface area contributed by atoms with Crippen molar-refractivity contribution in [2.24, 2.45) is 29.1 Å². The standard InChI is InChI=1S/C15H28/c1-5-8-11(4)13-14(12(6-2)7-3)15(13)9-10-15/h11-14H,5-10H2,1-4H3. The summed E-state index contributed by atoms with van der Waals surface area (Å²) in [5.74, 6) is 4.27. The minimum absolute atomic E-state index is 0.880. The van der Waals surface area contributed by atoms with Crippen LogP contribution in [0.1, 0.15) is 66.2 Å². The molecule has 2 fully saturated rings. The lowest BCUT2D eigenvalue weighted by Crippen LogP contribution is -2.06. The molecule has 2 aliphatic rings. The summed E-state index contributed by atoms with van der Waals surface area (Å²) in [6, 6.07) is 0. The number of rotatable bonds is 6. The van der Waals surface area contributed by atoms with Gasteiger partial charge < -0.3 is 0 Å². The molecule has 0 heteroatoms. The SMILES string of the molecule is CCCC(C)C1C(C(CC)CC)C12CC2. The van der Waals surface area contributed by atoms with Crippen LogP contribution < -0.4 is 0 Å². The maximum Gasteiger partial charge on any atom is -0.0229 e. The first-order chi connectivity index (χ1) is 7.21. The number of hydrogen-bond donors (Lipinski definition) is 0. The van der Waals surface area contributed by atoms with E-state index < -0.39 is 0 Å². The van der Waals surface area contributed by atoms with Gasteiger partial charge in [0.05, 0.1) is 0 Å². The molecule has 15 heavy (non-hydrogen) atoms. The van der Waals surface area contributed by atoms with Crippen molar-refractivity contribution in [1.29, 1.82) is 0 Å². The first-order valence-corrected chi connectivity index (χ1v) is 7.21. The van der Waals surface area contributed by atoms with E-state index in [1.54, 1.807) is 12.8 Å². The van der Waals surface area contributed by atoms with Crippen LogP contribution in [0.15, 0.2) is 0 Å². The molecule has 0 radical (unpaired) electrons. The molecule has 2 rings (SSSR count). The van der Waals surface area contributed by atoms with Crippen LogP contribution in [0, 0.1) is 29.1 Å². The normalized spacial score (nSPS) is 33.4. The summed E-state index contributed by atoms with van der Waals surface area (Å²) in [6.45, 7) is 9.63. The average molecular weight is 208 g/mol. The Balaban J connectivity index is 1.97. The third-order valence-electron chi connectivity index (χ3n) is 5.35. The highest BCUT2D eigenvalue weighted by atomic mass is 14.8. The van der Waals surface area contributed by atoms with Gasteiger partial charge in [-0.1, -0.05) is 53.4 Å². The fraction of sp³-hybridized carbons (Fsp3) is 1.00. The van der Waals surface area contributed by atoms with E-state index in [2.05, 4.69) is 27.7 Å². The molecule has 3 atom stereocenters. The van der Waals surface area contributed by atoms with Gasteiger partial charge in [0.2, 0.25) is 0 Å². The highest BCUT2D eigenvalue weighted by molar-refractivity contribution is 5.21. The average Bonchev–Trinajstić information content (AvgIpc) is 3.10. The Morgan fingerprint density at radius 3 is 2.07 bits per heavy atom. The summed E-state index contributed by atoms with van der Waals surface area (Å²) in [7, 11) is 0. The maximum atomic E-state index is 2.51. The summed E-state index contributed by atoms with van der Waals surface area (Å²) >= 11 is 0. The van der Waals surface area contributed by atoms with Crippen LogP contribution in [0.5, 0.6) is 0 Å². The molecular weight excluding hydrogens is 180 g/mol. The Labute approximate surface area is 95.8 Å². The van der Waals surface area contributed by atoms with Crippen LogP contribution >= 0.6 is 0 Å². The first-order valence-electron chi connectivity index (χ1n) is 7.21. The Morgan fingerprint density at radius 1 is 1.07 bits per heavy atom. The molecule has 88 valence electrons. The van der Waals surface area contributed by atoms with E-state index in [1.807, 2.05) is 0 Å². The monoisotopic (exact) mass is 208 g/mol. The third-order valence-corrected chi connectivity index (χ3v) is 5.35. The van der Waals surface area contributed by atoms with Crippen molar-refractivity contribution >= 4 is 0 Å². The molecule has 2 aliphatic carbocycles. The second kappa shape index (κ2) is 4.11. The van der Waals surface area contributed by atoms with E-state index in [1.165, 1.54) is 25.7 Å². The molecule has 0 N–H and O–H groups in total. The molecular formula is C15H28. The van der Waals surface area contributed by atoms with Gasteiger partial charge in [-0.3, -0.25) is 0 Å². The van der Waals surface area contributed by atoms with Gasteiger partial charge in [0.25, 0.3) is 0 Å². The van der Waals surface area contributed by atoms with Crippen LogP contribution in [-0.2, 0) is 0 Å². The Morgan fingerprint density at radius 2 is 1.67 bits per heavy atom. The van der Waals surface area contributed by atoms with Crippen molar-refractivity contribution < 1.29 is 0 Å². The molecule has 3 unspecified atom stereocenters. The summed E-state index contributed by atoms with van der Waals surface area (Å²) < 4.78 is 0. The largest absolute Gasteiger partial charge is 0.0654 e. The van der Waals surface area contributed by atoms with Crippen LogP contribution in [0.4, 0.5) is 0 Å². The minimum atomic E-state index is 0.880. The molecule has 0 aromatic carbocycles. The van der Waals surface area contributed by atoms with Crippen molar-refractivity contribution in [1.82, 2.24) is 0 Å². The predicted octanol–water partition coefficient (Wildman–Crippen LogP) is 4.89. The molecule has 2 saturated carbocycles. The summed E-state index contributed by atoms with van der Waals surface area (Å²) in [4.78, 5) is 0. The molecule has 0 bridgehead atoms. The van der Waals surface area contributed by atoms with E-state index in [0.717, 1.165) is 29.1 Å². The van der Waals surface area contributed by atoms with Crippen molar-refractivity contribution in [3.8, 4) is 0 Å². The Hall–Kier alpha value is 0. The van der Waals surface area contributed by atoms with E-state index in [0.29, 0.717) is 0 Å². The smallest absolute Gasteiger partial charge is 0.0229 e. The predicted molar refractivity (Wildman–Crippen MR) is 66.8 cm³/mol.